The Balaban J connectivity index is 1.76. The molecule has 3 heterocycles. The molecule has 0 fully saturated rings. The van der Waals surface area contributed by atoms with Crippen molar-refractivity contribution in [3.8, 4) is 0 Å². The van der Waals surface area contributed by atoms with Gasteiger partial charge in [0.1, 0.15) is 11.2 Å². The van der Waals surface area contributed by atoms with E-state index in [-0.39, 0.29) is 17.9 Å². The van der Waals surface area contributed by atoms with Crippen LogP contribution in [0.4, 0.5) is 5.69 Å². The largest absolute Gasteiger partial charge is 0.352 e. The number of benzene rings is 1. The molecule has 0 spiro atoms. The van der Waals surface area contributed by atoms with Gasteiger partial charge in [0.25, 0.3) is 5.56 Å². The summed E-state index contributed by atoms with van der Waals surface area (Å²) in [6, 6.07) is 8.56. The van der Waals surface area contributed by atoms with Gasteiger partial charge in [-0.3, -0.25) is 14.2 Å². The molecule has 0 aliphatic rings. The average Bonchev–Trinajstić information content (AvgIpc) is 3.29. The second-order valence-electron chi connectivity index (χ2n) is 7.38. The van der Waals surface area contributed by atoms with Gasteiger partial charge >= 0.3 is 5.69 Å². The van der Waals surface area contributed by atoms with Crippen molar-refractivity contribution in [2.75, 3.05) is 5.32 Å². The van der Waals surface area contributed by atoms with Gasteiger partial charge in [-0.15, -0.1) is 16.4 Å². The van der Waals surface area contributed by atoms with Gasteiger partial charge in [-0.05, 0) is 35.9 Å². The van der Waals surface area contributed by atoms with E-state index in [4.69, 9.17) is 11.6 Å². The van der Waals surface area contributed by atoms with Crippen LogP contribution in [0.25, 0.3) is 16.0 Å². The van der Waals surface area contributed by atoms with Crippen LogP contribution in [-0.2, 0) is 17.9 Å². The molecule has 0 bridgehead atoms. The number of halogens is 1. The number of anilines is 1. The van der Waals surface area contributed by atoms with Crippen LogP contribution in [0.3, 0.4) is 0 Å². The minimum atomic E-state index is -0.471. The summed E-state index contributed by atoms with van der Waals surface area (Å²) in [5.41, 5.74) is 0.311. The fourth-order valence-electron chi connectivity index (χ4n) is 3.21. The van der Waals surface area contributed by atoms with Gasteiger partial charge in [0.05, 0.1) is 16.2 Å². The second kappa shape index (κ2) is 8.08. The molecule has 10 heteroatoms. The average molecular weight is 446 g/mol. The number of nitrogens with one attached hydrogen (secondary N) is 1. The van der Waals surface area contributed by atoms with Crippen LogP contribution in [0.15, 0.2) is 45.3 Å². The topological polar surface area (TPSA) is 90.4 Å². The lowest BCUT2D eigenvalue weighted by Gasteiger charge is -2.09. The molecule has 4 aromatic rings. The first-order chi connectivity index (χ1) is 14.4. The number of aromatic nitrogens is 4. The van der Waals surface area contributed by atoms with Crippen LogP contribution in [0.5, 0.6) is 0 Å². The maximum Gasteiger partial charge on any atom is 0.352 e. The lowest BCUT2D eigenvalue weighted by atomic mass is 10.1. The van der Waals surface area contributed by atoms with Crippen molar-refractivity contribution >= 4 is 50.5 Å². The Morgan fingerprint density at radius 1 is 1.23 bits per heavy atom. The van der Waals surface area contributed by atoms with Crippen LogP contribution in [0.1, 0.15) is 20.3 Å². The zero-order chi connectivity index (χ0) is 21.4. The Hall–Kier alpha value is -2.91. The number of carbonyl (C=O) groups excluding carboxylic acids is 1. The first kappa shape index (κ1) is 20.4. The number of hydrogen-bond donors (Lipinski definition) is 1. The normalized spacial score (nSPS) is 11.6. The molecule has 0 aliphatic heterocycles. The van der Waals surface area contributed by atoms with Gasteiger partial charge in [0.15, 0.2) is 0 Å². The highest BCUT2D eigenvalue weighted by molar-refractivity contribution is 7.17. The van der Waals surface area contributed by atoms with Gasteiger partial charge < -0.3 is 5.32 Å². The maximum atomic E-state index is 13.0. The highest BCUT2D eigenvalue weighted by Crippen LogP contribution is 2.20. The van der Waals surface area contributed by atoms with Crippen molar-refractivity contribution < 1.29 is 4.79 Å². The number of fused-ring (bicyclic) bond motifs is 3. The molecule has 0 radical (unpaired) electrons. The van der Waals surface area contributed by atoms with E-state index in [9.17, 15) is 14.4 Å². The highest BCUT2D eigenvalue weighted by atomic mass is 35.5. The Bertz CT molecular complexity index is 1360. The number of para-hydroxylation sites is 1. The lowest BCUT2D eigenvalue weighted by Crippen LogP contribution is -2.29. The van der Waals surface area contributed by atoms with Gasteiger partial charge in [-0.1, -0.05) is 37.6 Å². The van der Waals surface area contributed by atoms with Gasteiger partial charge in [-0.25, -0.2) is 13.9 Å². The molecular weight excluding hydrogens is 426 g/mol. The fraction of sp³-hybridized carbons (Fsp3) is 0.300. The third kappa shape index (κ3) is 3.66. The maximum absolute atomic E-state index is 13.0. The number of rotatable bonds is 6. The number of nitrogens with zero attached hydrogens (tertiary/aromatic N) is 4. The van der Waals surface area contributed by atoms with E-state index in [1.54, 1.807) is 35.7 Å². The standard InChI is InChI=1S/C20H20ClN5O3S/c1-12(2)7-9-24-18(28)17-15(8-10-30-17)26-19(24)23-25(20(26)29)11-16(27)22-14-6-4-3-5-13(14)21/h3-6,8,10,12H,7,9,11H2,1-2H3,(H,22,27). The van der Waals surface area contributed by atoms with Gasteiger partial charge in [-0.2, -0.15) is 0 Å². The van der Waals surface area contributed by atoms with E-state index in [0.717, 1.165) is 11.1 Å². The van der Waals surface area contributed by atoms with Crippen molar-refractivity contribution in [1.82, 2.24) is 18.7 Å². The quantitative estimate of drug-likeness (QED) is 0.493. The molecule has 0 atom stereocenters. The predicted molar refractivity (Wildman–Crippen MR) is 119 cm³/mol. The second-order valence-corrected chi connectivity index (χ2v) is 8.70. The molecule has 1 N–H and O–H groups in total. The van der Waals surface area contributed by atoms with Crippen molar-refractivity contribution in [3.05, 3.63) is 61.6 Å². The molecule has 4 rings (SSSR count). The molecule has 3 aromatic heterocycles. The molecule has 1 amide bonds. The van der Waals surface area contributed by atoms with E-state index < -0.39 is 11.6 Å². The minimum absolute atomic E-state index is 0.175. The van der Waals surface area contributed by atoms with Crippen molar-refractivity contribution in [3.63, 3.8) is 0 Å². The van der Waals surface area contributed by atoms with Crippen LogP contribution >= 0.6 is 22.9 Å². The summed E-state index contributed by atoms with van der Waals surface area (Å²) >= 11 is 7.37. The smallest absolute Gasteiger partial charge is 0.323 e. The minimum Gasteiger partial charge on any atom is -0.323 e. The Kier molecular flexibility index (Phi) is 5.48. The monoisotopic (exact) mass is 445 g/mol. The molecule has 0 unspecified atom stereocenters. The van der Waals surface area contributed by atoms with Gasteiger partial charge in [0, 0.05) is 6.54 Å². The lowest BCUT2D eigenvalue weighted by molar-refractivity contribution is -0.117. The zero-order valence-electron chi connectivity index (χ0n) is 16.5. The summed E-state index contributed by atoms with van der Waals surface area (Å²) < 4.78 is 4.48. The van der Waals surface area contributed by atoms with E-state index in [2.05, 4.69) is 24.3 Å². The molecule has 8 nitrogen and oxygen atoms in total. The van der Waals surface area contributed by atoms with Crippen LogP contribution in [0.2, 0.25) is 5.02 Å². The number of carbonyl (C=O) groups is 1. The van der Waals surface area contributed by atoms with Crippen LogP contribution in [-0.4, -0.2) is 24.7 Å². The molecule has 0 saturated heterocycles. The summed E-state index contributed by atoms with van der Waals surface area (Å²) in [7, 11) is 0. The summed E-state index contributed by atoms with van der Waals surface area (Å²) in [4.78, 5) is 38.5. The first-order valence-corrected chi connectivity index (χ1v) is 10.8. The molecule has 1 aromatic carbocycles. The number of amides is 1. The Morgan fingerprint density at radius 2 is 2.00 bits per heavy atom. The molecule has 156 valence electrons. The number of aryl methyl sites for hydroxylation is 1. The van der Waals surface area contributed by atoms with Crippen LogP contribution in [0, 0.1) is 5.92 Å². The van der Waals surface area contributed by atoms with E-state index in [1.165, 1.54) is 20.3 Å². The van der Waals surface area contributed by atoms with Gasteiger partial charge in [0.2, 0.25) is 11.7 Å². The molecule has 0 saturated carbocycles. The number of thiophene rings is 1. The Morgan fingerprint density at radius 3 is 2.73 bits per heavy atom. The third-order valence-corrected chi connectivity index (χ3v) is 5.98. The summed E-state index contributed by atoms with van der Waals surface area (Å²) in [6.45, 7) is 4.28. The highest BCUT2D eigenvalue weighted by Gasteiger charge is 2.19. The van der Waals surface area contributed by atoms with Crippen molar-refractivity contribution in [1.29, 1.82) is 0 Å². The fourth-order valence-corrected chi connectivity index (χ4v) is 4.22. The van der Waals surface area contributed by atoms with Crippen LogP contribution < -0.4 is 16.6 Å². The zero-order valence-corrected chi connectivity index (χ0v) is 18.0. The molecule has 0 aliphatic carbocycles. The predicted octanol–water partition coefficient (Wildman–Crippen LogP) is 3.21. The molecule has 30 heavy (non-hydrogen) atoms. The summed E-state index contributed by atoms with van der Waals surface area (Å²) in [6.07, 6.45) is 0.764. The van der Waals surface area contributed by atoms with E-state index in [0.29, 0.717) is 33.4 Å². The van der Waals surface area contributed by atoms with E-state index in [1.807, 2.05) is 0 Å². The summed E-state index contributed by atoms with van der Waals surface area (Å²) in [5.74, 6) is 0.180. The summed E-state index contributed by atoms with van der Waals surface area (Å²) in [5, 5.41) is 9.18. The Labute approximate surface area is 180 Å². The SMILES string of the molecule is CC(C)CCn1c(=O)c2sccc2n2c(=O)n(CC(=O)Nc3ccccc3Cl)nc12. The van der Waals surface area contributed by atoms with E-state index >= 15 is 0 Å². The first-order valence-electron chi connectivity index (χ1n) is 9.50. The third-order valence-electron chi connectivity index (χ3n) is 4.76. The van der Waals surface area contributed by atoms with Crippen molar-refractivity contribution in [2.24, 2.45) is 5.92 Å². The number of hydrogen-bond acceptors (Lipinski definition) is 5. The molecular formula is C20H20ClN5O3S. The van der Waals surface area contributed by atoms with Crippen molar-refractivity contribution in [2.45, 2.75) is 33.4 Å².